The van der Waals surface area contributed by atoms with Gasteiger partial charge in [-0.1, -0.05) is 31.4 Å². The Balaban J connectivity index is 1.60. The fourth-order valence-corrected chi connectivity index (χ4v) is 3.40. The average Bonchev–Trinajstić information content (AvgIpc) is 2.81. The third-order valence-corrected chi connectivity index (χ3v) is 5.02. The molecule has 1 aliphatic heterocycles. The Kier molecular flexibility index (Phi) is 4.65. The lowest BCUT2D eigenvalue weighted by Gasteiger charge is -2.30. The van der Waals surface area contributed by atoms with Crippen molar-refractivity contribution in [3.63, 3.8) is 0 Å². The minimum Gasteiger partial charge on any atom is -0.483 e. The zero-order chi connectivity index (χ0) is 18.0. The summed E-state index contributed by atoms with van der Waals surface area (Å²) in [6.45, 7) is 3.60. The minimum atomic E-state index is -0.851. The monoisotopic (exact) mass is 345 g/mol. The molecule has 2 fully saturated rings. The van der Waals surface area contributed by atoms with Gasteiger partial charge in [0.05, 0.1) is 0 Å². The topological polar surface area (TPSA) is 87.7 Å². The Bertz CT molecular complexity index is 710. The van der Waals surface area contributed by atoms with Crippen molar-refractivity contribution in [2.75, 3.05) is 6.61 Å². The van der Waals surface area contributed by atoms with E-state index < -0.39 is 17.5 Å². The lowest BCUT2D eigenvalue weighted by Crippen LogP contribution is -2.51. The van der Waals surface area contributed by atoms with Gasteiger partial charge in [0, 0.05) is 0 Å². The van der Waals surface area contributed by atoms with Crippen LogP contribution in [0.25, 0.3) is 0 Å². The molecule has 1 spiro atoms. The number of aryl methyl sites for hydroxylation is 1. The molecule has 0 aromatic heterocycles. The van der Waals surface area contributed by atoms with Crippen LogP contribution in [0.15, 0.2) is 18.2 Å². The van der Waals surface area contributed by atoms with Crippen molar-refractivity contribution in [1.29, 1.82) is 0 Å². The molecule has 25 heavy (non-hydrogen) atoms. The van der Waals surface area contributed by atoms with E-state index in [9.17, 15) is 14.4 Å². The maximum absolute atomic E-state index is 12.6. The predicted molar refractivity (Wildman–Crippen MR) is 90.7 cm³/mol. The number of carbonyl (C=O) groups is 3. The van der Waals surface area contributed by atoms with Gasteiger partial charge >= 0.3 is 6.03 Å². The van der Waals surface area contributed by atoms with Gasteiger partial charge in [0.15, 0.2) is 6.61 Å². The molecule has 2 aliphatic rings. The Morgan fingerprint density at radius 1 is 1.24 bits per heavy atom. The number of ether oxygens (including phenoxy) is 1. The average molecular weight is 345 g/mol. The second kappa shape index (κ2) is 6.74. The number of hydrogen-bond acceptors (Lipinski definition) is 4. The zero-order valence-corrected chi connectivity index (χ0v) is 14.6. The van der Waals surface area contributed by atoms with E-state index in [4.69, 9.17) is 4.74 Å². The number of imide groups is 1. The first kappa shape index (κ1) is 17.3. The molecule has 7 nitrogen and oxygen atoms in total. The fourth-order valence-electron chi connectivity index (χ4n) is 3.40. The summed E-state index contributed by atoms with van der Waals surface area (Å²) in [5, 5.41) is 3.54. The van der Waals surface area contributed by atoms with Crippen LogP contribution < -0.4 is 15.5 Å². The summed E-state index contributed by atoms with van der Waals surface area (Å²) >= 11 is 0. The molecule has 0 atom stereocenters. The van der Waals surface area contributed by atoms with E-state index in [2.05, 4.69) is 10.7 Å². The van der Waals surface area contributed by atoms with Crippen LogP contribution >= 0.6 is 0 Å². The minimum absolute atomic E-state index is 0.269. The smallest absolute Gasteiger partial charge is 0.344 e. The molecule has 0 radical (unpaired) electrons. The summed E-state index contributed by atoms with van der Waals surface area (Å²) < 4.78 is 5.52. The second-order valence-corrected chi connectivity index (χ2v) is 6.74. The van der Waals surface area contributed by atoms with Crippen LogP contribution in [0.3, 0.4) is 0 Å². The van der Waals surface area contributed by atoms with Gasteiger partial charge in [0.25, 0.3) is 11.8 Å². The Labute approximate surface area is 146 Å². The SMILES string of the molecule is Cc1cccc(OCC(=O)NN2C(=O)NC3(CCCCC3)C2=O)c1C. The fraction of sp³-hybridized carbons (Fsp3) is 0.500. The third-order valence-electron chi connectivity index (χ3n) is 5.02. The second-order valence-electron chi connectivity index (χ2n) is 6.74. The number of nitrogens with zero attached hydrogens (tertiary/aromatic N) is 1. The first-order chi connectivity index (χ1) is 11.9. The number of urea groups is 1. The van der Waals surface area contributed by atoms with Crippen molar-refractivity contribution in [2.45, 2.75) is 51.5 Å². The van der Waals surface area contributed by atoms with Crippen LogP contribution in [0.1, 0.15) is 43.2 Å². The Morgan fingerprint density at radius 2 is 1.96 bits per heavy atom. The van der Waals surface area contributed by atoms with Gasteiger partial charge in [-0.25, -0.2) is 4.79 Å². The molecule has 4 amide bonds. The zero-order valence-electron chi connectivity index (χ0n) is 14.6. The number of rotatable bonds is 4. The highest BCUT2D eigenvalue weighted by Gasteiger charge is 2.52. The molecule has 1 aromatic carbocycles. The first-order valence-electron chi connectivity index (χ1n) is 8.58. The van der Waals surface area contributed by atoms with E-state index in [1.165, 1.54) is 0 Å². The van der Waals surface area contributed by atoms with Gasteiger partial charge in [-0.15, -0.1) is 0 Å². The molecular weight excluding hydrogens is 322 g/mol. The Hall–Kier alpha value is -2.57. The number of hydrogen-bond donors (Lipinski definition) is 2. The van der Waals surface area contributed by atoms with Crippen LogP contribution in [0.4, 0.5) is 4.79 Å². The summed E-state index contributed by atoms with van der Waals surface area (Å²) in [5.41, 5.74) is 3.52. The van der Waals surface area contributed by atoms with Crippen molar-refractivity contribution in [2.24, 2.45) is 0 Å². The Morgan fingerprint density at radius 3 is 2.68 bits per heavy atom. The molecular formula is C18H23N3O4. The lowest BCUT2D eigenvalue weighted by molar-refractivity contribution is -0.140. The van der Waals surface area contributed by atoms with E-state index in [1.807, 2.05) is 26.0 Å². The highest BCUT2D eigenvalue weighted by atomic mass is 16.5. The highest BCUT2D eigenvalue weighted by molar-refractivity contribution is 6.08. The summed E-state index contributed by atoms with van der Waals surface area (Å²) in [6, 6.07) is 5.01. The van der Waals surface area contributed by atoms with Crippen molar-refractivity contribution in [1.82, 2.24) is 15.8 Å². The van der Waals surface area contributed by atoms with Gasteiger partial charge in [-0.3, -0.25) is 15.0 Å². The molecule has 0 bridgehead atoms. The number of benzene rings is 1. The van der Waals surface area contributed by atoms with Crippen molar-refractivity contribution >= 4 is 17.8 Å². The van der Waals surface area contributed by atoms with Gasteiger partial charge in [-0.2, -0.15) is 5.01 Å². The van der Waals surface area contributed by atoms with Crippen molar-refractivity contribution in [3.8, 4) is 5.75 Å². The molecule has 1 aromatic rings. The predicted octanol–water partition coefficient (Wildman–Crippen LogP) is 1.97. The third kappa shape index (κ3) is 3.31. The largest absolute Gasteiger partial charge is 0.483 e. The maximum atomic E-state index is 12.6. The van der Waals surface area contributed by atoms with Crippen molar-refractivity contribution in [3.05, 3.63) is 29.3 Å². The van der Waals surface area contributed by atoms with E-state index in [0.29, 0.717) is 18.6 Å². The molecule has 2 N–H and O–H groups in total. The normalized spacial score (nSPS) is 19.0. The van der Waals surface area contributed by atoms with Crippen molar-refractivity contribution < 1.29 is 19.1 Å². The molecule has 134 valence electrons. The van der Waals surface area contributed by atoms with Gasteiger partial charge in [0.2, 0.25) is 0 Å². The molecule has 3 rings (SSSR count). The van der Waals surface area contributed by atoms with Crippen LogP contribution in [-0.4, -0.2) is 35.0 Å². The standard InChI is InChI=1S/C18H23N3O4/c1-12-7-6-8-14(13(12)2)25-11-15(22)20-21-16(23)18(19-17(21)24)9-4-3-5-10-18/h6-8H,3-5,9-11H2,1-2H3,(H,19,24)(H,20,22). The van der Waals surface area contributed by atoms with Gasteiger partial charge in [-0.05, 0) is 43.9 Å². The molecule has 7 heteroatoms. The number of hydrazine groups is 1. The lowest BCUT2D eigenvalue weighted by atomic mass is 9.82. The highest BCUT2D eigenvalue weighted by Crippen LogP contribution is 2.33. The van der Waals surface area contributed by atoms with Crippen LogP contribution in [0, 0.1) is 13.8 Å². The van der Waals surface area contributed by atoms with Gasteiger partial charge < -0.3 is 10.1 Å². The number of carbonyl (C=O) groups excluding carboxylic acids is 3. The first-order valence-corrected chi connectivity index (χ1v) is 8.58. The van der Waals surface area contributed by atoms with E-state index in [0.717, 1.165) is 35.4 Å². The molecule has 1 heterocycles. The molecule has 1 saturated heterocycles. The van der Waals surface area contributed by atoms with Gasteiger partial charge in [0.1, 0.15) is 11.3 Å². The summed E-state index contributed by atoms with van der Waals surface area (Å²) in [5.74, 6) is -0.314. The summed E-state index contributed by atoms with van der Waals surface area (Å²) in [7, 11) is 0. The number of nitrogens with one attached hydrogen (secondary N) is 2. The van der Waals surface area contributed by atoms with E-state index >= 15 is 0 Å². The van der Waals surface area contributed by atoms with Crippen LogP contribution in [-0.2, 0) is 9.59 Å². The summed E-state index contributed by atoms with van der Waals surface area (Å²) in [4.78, 5) is 36.8. The summed E-state index contributed by atoms with van der Waals surface area (Å²) in [6.07, 6.45) is 4.07. The van der Waals surface area contributed by atoms with E-state index in [1.54, 1.807) is 6.07 Å². The van der Waals surface area contributed by atoms with Crippen LogP contribution in [0.2, 0.25) is 0 Å². The maximum Gasteiger partial charge on any atom is 0.344 e. The molecule has 1 saturated carbocycles. The quantitative estimate of drug-likeness (QED) is 0.817. The number of amides is 4. The molecule has 1 aliphatic carbocycles. The van der Waals surface area contributed by atoms with E-state index in [-0.39, 0.29) is 12.5 Å². The van der Waals surface area contributed by atoms with Crippen LogP contribution in [0.5, 0.6) is 5.75 Å². The molecule has 0 unspecified atom stereocenters.